The molecule has 1 atom stereocenters. The second-order valence-corrected chi connectivity index (χ2v) is 6.98. The third-order valence-corrected chi connectivity index (χ3v) is 4.93. The van der Waals surface area contributed by atoms with Crippen LogP contribution < -0.4 is 5.32 Å². The Morgan fingerprint density at radius 3 is 2.74 bits per heavy atom. The van der Waals surface area contributed by atoms with Crippen molar-refractivity contribution in [2.45, 2.75) is 19.9 Å². The molecular formula is C21H19ClN4O. The maximum Gasteiger partial charge on any atom is 0.268 e. The minimum Gasteiger partial charge on any atom is -0.350 e. The smallest absolute Gasteiger partial charge is 0.268 e. The van der Waals surface area contributed by atoms with E-state index in [-0.39, 0.29) is 11.9 Å². The van der Waals surface area contributed by atoms with Crippen LogP contribution in [0.2, 0.25) is 5.02 Å². The van der Waals surface area contributed by atoms with Crippen LogP contribution in [0, 0.1) is 6.92 Å². The summed E-state index contributed by atoms with van der Waals surface area (Å²) >= 11 is 6.01. The highest BCUT2D eigenvalue weighted by molar-refractivity contribution is 6.31. The number of hydrogen-bond acceptors (Lipinski definition) is 2. The summed E-state index contributed by atoms with van der Waals surface area (Å²) in [5.74, 6) is -0.165. The van der Waals surface area contributed by atoms with E-state index in [1.165, 1.54) is 0 Å². The molecule has 4 rings (SSSR count). The number of hydrogen-bond donors (Lipinski definition) is 2. The van der Waals surface area contributed by atoms with Gasteiger partial charge in [-0.3, -0.25) is 4.79 Å². The summed E-state index contributed by atoms with van der Waals surface area (Å²) < 4.78 is 1.88. The number of para-hydroxylation sites is 1. The standard InChI is InChI=1S/C21H19ClN4O/c1-13(18-12-23-26(14(18)2)17-6-4-3-5-7-17)24-21(27)20-10-15-8-9-16(22)11-19(15)25-20/h3-13,25H,1-2H3,(H,24,27). The Balaban J connectivity index is 1.55. The highest BCUT2D eigenvalue weighted by Crippen LogP contribution is 2.22. The van der Waals surface area contributed by atoms with Crippen molar-refractivity contribution in [2.24, 2.45) is 0 Å². The number of nitrogens with one attached hydrogen (secondary N) is 2. The third-order valence-electron chi connectivity index (χ3n) is 4.69. The van der Waals surface area contributed by atoms with E-state index in [0.717, 1.165) is 27.8 Å². The molecule has 2 heterocycles. The molecule has 1 amide bonds. The van der Waals surface area contributed by atoms with Gasteiger partial charge in [0.2, 0.25) is 0 Å². The van der Waals surface area contributed by atoms with E-state index in [2.05, 4.69) is 15.4 Å². The predicted octanol–water partition coefficient (Wildman–Crippen LogP) is 4.81. The van der Waals surface area contributed by atoms with Gasteiger partial charge < -0.3 is 10.3 Å². The lowest BCUT2D eigenvalue weighted by molar-refractivity contribution is 0.0935. The molecule has 2 aromatic heterocycles. The fourth-order valence-corrected chi connectivity index (χ4v) is 3.42. The van der Waals surface area contributed by atoms with Crippen molar-refractivity contribution >= 4 is 28.4 Å². The first-order valence-electron chi connectivity index (χ1n) is 8.72. The lowest BCUT2D eigenvalue weighted by Crippen LogP contribution is -2.27. The SMILES string of the molecule is Cc1c(C(C)NC(=O)c2cc3ccc(Cl)cc3[nH]2)cnn1-c1ccccc1. The Hall–Kier alpha value is -3.05. The average molecular weight is 379 g/mol. The molecule has 0 saturated heterocycles. The molecule has 0 saturated carbocycles. The maximum atomic E-state index is 12.7. The number of fused-ring (bicyclic) bond motifs is 1. The van der Waals surface area contributed by atoms with Crippen LogP contribution in [-0.4, -0.2) is 20.7 Å². The van der Waals surface area contributed by atoms with Crippen LogP contribution in [0.1, 0.15) is 34.7 Å². The average Bonchev–Trinajstić information content (AvgIpc) is 3.25. The number of benzene rings is 2. The van der Waals surface area contributed by atoms with Crippen LogP contribution in [0.5, 0.6) is 0 Å². The van der Waals surface area contributed by atoms with E-state index in [1.807, 2.05) is 73.1 Å². The fraction of sp³-hybridized carbons (Fsp3) is 0.143. The monoisotopic (exact) mass is 378 g/mol. The Morgan fingerprint density at radius 2 is 1.96 bits per heavy atom. The number of aromatic nitrogens is 3. The van der Waals surface area contributed by atoms with E-state index in [4.69, 9.17) is 11.6 Å². The largest absolute Gasteiger partial charge is 0.350 e. The van der Waals surface area contributed by atoms with Gasteiger partial charge in [0.1, 0.15) is 5.69 Å². The zero-order chi connectivity index (χ0) is 19.0. The number of carbonyl (C=O) groups excluding carboxylic acids is 1. The zero-order valence-electron chi connectivity index (χ0n) is 15.0. The quantitative estimate of drug-likeness (QED) is 0.535. The van der Waals surface area contributed by atoms with Gasteiger partial charge in [-0.25, -0.2) is 4.68 Å². The number of halogens is 1. The lowest BCUT2D eigenvalue weighted by Gasteiger charge is -2.13. The van der Waals surface area contributed by atoms with E-state index in [9.17, 15) is 4.79 Å². The molecule has 0 bridgehead atoms. The minimum atomic E-state index is -0.176. The summed E-state index contributed by atoms with van der Waals surface area (Å²) in [5, 5.41) is 9.09. The van der Waals surface area contributed by atoms with Gasteiger partial charge >= 0.3 is 0 Å². The summed E-state index contributed by atoms with van der Waals surface area (Å²) in [6.45, 7) is 3.96. The molecule has 6 heteroatoms. The van der Waals surface area contributed by atoms with Gasteiger partial charge in [-0.1, -0.05) is 35.9 Å². The summed E-state index contributed by atoms with van der Waals surface area (Å²) in [4.78, 5) is 15.8. The van der Waals surface area contributed by atoms with Gasteiger partial charge in [0.15, 0.2) is 0 Å². The lowest BCUT2D eigenvalue weighted by atomic mass is 10.1. The van der Waals surface area contributed by atoms with Crippen molar-refractivity contribution in [1.29, 1.82) is 0 Å². The van der Waals surface area contributed by atoms with Gasteiger partial charge in [-0.05, 0) is 44.2 Å². The van der Waals surface area contributed by atoms with Crippen molar-refractivity contribution < 1.29 is 4.79 Å². The van der Waals surface area contributed by atoms with E-state index in [0.29, 0.717) is 10.7 Å². The molecule has 1 unspecified atom stereocenters. The first kappa shape index (κ1) is 17.4. The number of aromatic amines is 1. The van der Waals surface area contributed by atoms with Crippen LogP contribution in [-0.2, 0) is 0 Å². The molecule has 0 aliphatic carbocycles. The van der Waals surface area contributed by atoms with E-state index >= 15 is 0 Å². The van der Waals surface area contributed by atoms with Crippen molar-refractivity contribution in [2.75, 3.05) is 0 Å². The van der Waals surface area contributed by atoms with Crippen LogP contribution in [0.25, 0.3) is 16.6 Å². The molecule has 0 fully saturated rings. The first-order chi connectivity index (χ1) is 13.0. The van der Waals surface area contributed by atoms with E-state index < -0.39 is 0 Å². The number of H-pyrrole nitrogens is 1. The fourth-order valence-electron chi connectivity index (χ4n) is 3.25. The van der Waals surface area contributed by atoms with Gasteiger partial charge in [0, 0.05) is 27.2 Å². The van der Waals surface area contributed by atoms with Crippen LogP contribution in [0.3, 0.4) is 0 Å². The second kappa shape index (κ2) is 6.93. The zero-order valence-corrected chi connectivity index (χ0v) is 15.8. The van der Waals surface area contributed by atoms with E-state index in [1.54, 1.807) is 6.20 Å². The van der Waals surface area contributed by atoms with Gasteiger partial charge in [0.25, 0.3) is 5.91 Å². The first-order valence-corrected chi connectivity index (χ1v) is 9.10. The molecule has 0 aliphatic heterocycles. The summed E-state index contributed by atoms with van der Waals surface area (Å²) in [7, 11) is 0. The maximum absolute atomic E-state index is 12.7. The van der Waals surface area contributed by atoms with Crippen LogP contribution >= 0.6 is 11.6 Å². The molecule has 2 aromatic carbocycles. The molecule has 136 valence electrons. The summed E-state index contributed by atoms with van der Waals surface area (Å²) in [6, 6.07) is 17.1. The minimum absolute atomic E-state index is 0.165. The Kier molecular flexibility index (Phi) is 4.46. The third kappa shape index (κ3) is 3.34. The van der Waals surface area contributed by atoms with Gasteiger partial charge in [-0.15, -0.1) is 0 Å². The normalized spacial score (nSPS) is 12.3. The Bertz CT molecular complexity index is 1110. The van der Waals surface area contributed by atoms with Crippen LogP contribution in [0.4, 0.5) is 0 Å². The molecule has 0 radical (unpaired) electrons. The number of carbonyl (C=O) groups is 1. The number of rotatable bonds is 4. The highest BCUT2D eigenvalue weighted by Gasteiger charge is 2.18. The van der Waals surface area contributed by atoms with Crippen molar-refractivity contribution in [1.82, 2.24) is 20.1 Å². The van der Waals surface area contributed by atoms with Gasteiger partial charge in [-0.2, -0.15) is 5.10 Å². The van der Waals surface area contributed by atoms with Crippen molar-refractivity contribution in [3.05, 3.63) is 82.8 Å². The van der Waals surface area contributed by atoms with Crippen LogP contribution in [0.15, 0.2) is 60.8 Å². The summed E-state index contributed by atoms with van der Waals surface area (Å²) in [6.07, 6.45) is 1.80. The number of nitrogens with zero attached hydrogens (tertiary/aromatic N) is 2. The second-order valence-electron chi connectivity index (χ2n) is 6.54. The molecule has 5 nitrogen and oxygen atoms in total. The van der Waals surface area contributed by atoms with Crippen molar-refractivity contribution in [3.8, 4) is 5.69 Å². The highest BCUT2D eigenvalue weighted by atomic mass is 35.5. The van der Waals surface area contributed by atoms with Gasteiger partial charge in [0.05, 0.1) is 17.9 Å². The molecule has 27 heavy (non-hydrogen) atoms. The predicted molar refractivity (Wildman–Crippen MR) is 107 cm³/mol. The number of amides is 1. The molecule has 2 N–H and O–H groups in total. The topological polar surface area (TPSA) is 62.7 Å². The van der Waals surface area contributed by atoms with Crippen molar-refractivity contribution in [3.63, 3.8) is 0 Å². The Labute approximate surface area is 162 Å². The Morgan fingerprint density at radius 1 is 1.19 bits per heavy atom. The molecule has 4 aromatic rings. The summed E-state index contributed by atoms with van der Waals surface area (Å²) in [5.41, 5.74) is 4.32. The molecular weight excluding hydrogens is 360 g/mol. The molecule has 0 spiro atoms. The molecule has 0 aliphatic rings.